The van der Waals surface area contributed by atoms with E-state index in [0.29, 0.717) is 16.0 Å². The van der Waals surface area contributed by atoms with E-state index in [2.05, 4.69) is 0 Å². The maximum Gasteiger partial charge on any atom is 0.264 e. The fourth-order valence-corrected chi connectivity index (χ4v) is 1.92. The lowest BCUT2D eigenvalue weighted by atomic mass is 10.1. The van der Waals surface area contributed by atoms with Crippen LogP contribution in [-0.2, 0) is 4.79 Å². The summed E-state index contributed by atoms with van der Waals surface area (Å²) in [4.78, 5) is 22.8. The van der Waals surface area contributed by atoms with Gasteiger partial charge in [-0.15, -0.1) is 0 Å². The quantitative estimate of drug-likeness (QED) is 0.578. The van der Waals surface area contributed by atoms with Crippen LogP contribution in [0.2, 0.25) is 0 Å². The molecule has 0 amide bonds. The Labute approximate surface area is 78.4 Å². The second kappa shape index (κ2) is 2.71. The van der Waals surface area contributed by atoms with Crippen LogP contribution in [0.5, 0.6) is 0 Å². The molecule has 2 rings (SSSR count). The van der Waals surface area contributed by atoms with Gasteiger partial charge in [0.05, 0.1) is 11.6 Å². The Balaban J connectivity index is 2.62. The normalized spacial score (nSPS) is 14.1. The smallest absolute Gasteiger partial charge is 0.264 e. The lowest BCUT2D eigenvalue weighted by Gasteiger charge is -1.93. The van der Waals surface area contributed by atoms with Crippen molar-refractivity contribution in [2.24, 2.45) is 0 Å². The summed E-state index contributed by atoms with van der Waals surface area (Å²) in [5, 5.41) is 8.10. The van der Waals surface area contributed by atoms with Crippen molar-refractivity contribution >= 4 is 22.7 Å². The van der Waals surface area contributed by atoms with Gasteiger partial charge >= 0.3 is 0 Å². The van der Waals surface area contributed by atoms with Crippen molar-refractivity contribution in [3.8, 4) is 6.07 Å². The third kappa shape index (κ3) is 1.14. The van der Waals surface area contributed by atoms with Crippen LogP contribution >= 0.6 is 11.8 Å². The highest BCUT2D eigenvalue weighted by molar-refractivity contribution is 8.16. The van der Waals surface area contributed by atoms with E-state index in [9.17, 15) is 9.59 Å². The first kappa shape index (κ1) is 8.02. The third-order valence-corrected chi connectivity index (χ3v) is 2.69. The Kier molecular flexibility index (Phi) is 1.67. The molecule has 1 aromatic rings. The van der Waals surface area contributed by atoms with Crippen molar-refractivity contribution in [1.29, 1.82) is 5.26 Å². The SMILES string of the molecule is N#Cc1ccc2c(c1)C(=O)C(=O)S2. The molecule has 0 unspecified atom stereocenters. The van der Waals surface area contributed by atoms with Gasteiger partial charge in [-0.3, -0.25) is 9.59 Å². The molecule has 0 saturated heterocycles. The number of Topliss-reactive ketones (excluding diaryl/α,β-unsaturated/α-hetero) is 1. The number of thioether (sulfide) groups is 1. The van der Waals surface area contributed by atoms with Crippen molar-refractivity contribution in [3.05, 3.63) is 29.3 Å². The molecule has 0 fully saturated rings. The average Bonchev–Trinajstić information content (AvgIpc) is 2.43. The second-order valence-corrected chi connectivity index (χ2v) is 3.56. The zero-order valence-electron chi connectivity index (χ0n) is 6.40. The van der Waals surface area contributed by atoms with Crippen LogP contribution in [0.25, 0.3) is 0 Å². The van der Waals surface area contributed by atoms with Gasteiger partial charge in [-0.25, -0.2) is 0 Å². The molecule has 3 nitrogen and oxygen atoms in total. The van der Waals surface area contributed by atoms with E-state index in [1.165, 1.54) is 6.07 Å². The predicted molar refractivity (Wildman–Crippen MR) is 46.4 cm³/mol. The first-order chi connectivity index (χ1) is 6.22. The molecular formula is C9H3NO2S. The van der Waals surface area contributed by atoms with Crippen molar-refractivity contribution < 1.29 is 9.59 Å². The number of rotatable bonds is 0. The third-order valence-electron chi connectivity index (χ3n) is 1.74. The van der Waals surface area contributed by atoms with Crippen molar-refractivity contribution in [3.63, 3.8) is 0 Å². The van der Waals surface area contributed by atoms with Crippen molar-refractivity contribution in [2.75, 3.05) is 0 Å². The summed E-state index contributed by atoms with van der Waals surface area (Å²) in [6.07, 6.45) is 0. The number of ketones is 1. The van der Waals surface area contributed by atoms with E-state index < -0.39 is 10.9 Å². The van der Waals surface area contributed by atoms with E-state index in [4.69, 9.17) is 5.26 Å². The number of nitrogens with zero attached hydrogens (tertiary/aromatic N) is 1. The second-order valence-electron chi connectivity index (χ2n) is 2.54. The van der Waals surface area contributed by atoms with Crippen LogP contribution in [0.3, 0.4) is 0 Å². The van der Waals surface area contributed by atoms with Gasteiger partial charge in [0.2, 0.25) is 5.78 Å². The Bertz CT molecular complexity index is 459. The van der Waals surface area contributed by atoms with Crippen LogP contribution in [0.1, 0.15) is 15.9 Å². The maximum absolute atomic E-state index is 11.2. The zero-order chi connectivity index (χ0) is 9.42. The predicted octanol–water partition coefficient (Wildman–Crippen LogP) is 1.37. The summed E-state index contributed by atoms with van der Waals surface area (Å²) in [7, 11) is 0. The van der Waals surface area contributed by atoms with Gasteiger partial charge in [0, 0.05) is 10.5 Å². The molecule has 0 bridgehead atoms. The molecule has 1 heterocycles. The number of benzene rings is 1. The number of carbonyl (C=O) groups is 2. The molecule has 1 aliphatic rings. The van der Waals surface area contributed by atoms with Gasteiger partial charge in [0.1, 0.15) is 0 Å². The first-order valence-corrected chi connectivity index (χ1v) is 4.34. The number of carbonyl (C=O) groups excluding carboxylic acids is 2. The minimum atomic E-state index is -0.503. The van der Waals surface area contributed by atoms with E-state index >= 15 is 0 Å². The van der Waals surface area contributed by atoms with E-state index in [1.807, 2.05) is 6.07 Å². The minimum Gasteiger partial charge on any atom is -0.284 e. The van der Waals surface area contributed by atoms with Crippen molar-refractivity contribution in [1.82, 2.24) is 0 Å². The molecule has 0 spiro atoms. The highest BCUT2D eigenvalue weighted by Crippen LogP contribution is 2.32. The fourth-order valence-electron chi connectivity index (χ4n) is 1.12. The highest BCUT2D eigenvalue weighted by Gasteiger charge is 2.29. The number of nitriles is 1. The molecular weight excluding hydrogens is 186 g/mol. The zero-order valence-corrected chi connectivity index (χ0v) is 7.22. The molecule has 4 heteroatoms. The van der Waals surface area contributed by atoms with Crippen LogP contribution in [-0.4, -0.2) is 10.9 Å². The van der Waals surface area contributed by atoms with Gasteiger partial charge in [-0.05, 0) is 30.0 Å². The van der Waals surface area contributed by atoms with Crippen molar-refractivity contribution in [2.45, 2.75) is 4.90 Å². The molecule has 1 aliphatic heterocycles. The Morgan fingerprint density at radius 2 is 2.08 bits per heavy atom. The van der Waals surface area contributed by atoms with Gasteiger partial charge in [-0.2, -0.15) is 5.26 Å². The Hall–Kier alpha value is -1.60. The Morgan fingerprint density at radius 3 is 2.77 bits per heavy atom. The molecule has 0 aliphatic carbocycles. The monoisotopic (exact) mass is 189 g/mol. The molecule has 62 valence electrons. The lowest BCUT2D eigenvalue weighted by molar-refractivity contribution is -0.107. The average molecular weight is 189 g/mol. The van der Waals surface area contributed by atoms with Crippen LogP contribution in [0.4, 0.5) is 0 Å². The number of hydrogen-bond donors (Lipinski definition) is 0. The summed E-state index contributed by atoms with van der Waals surface area (Å²) >= 11 is 0.920. The first-order valence-electron chi connectivity index (χ1n) is 3.53. The summed E-state index contributed by atoms with van der Waals surface area (Å²) in [6, 6.07) is 6.59. The molecule has 13 heavy (non-hydrogen) atoms. The highest BCUT2D eigenvalue weighted by atomic mass is 32.2. The summed E-state index contributed by atoms with van der Waals surface area (Å²) in [6.45, 7) is 0. The molecule has 0 N–H and O–H groups in total. The number of fused-ring (bicyclic) bond motifs is 1. The standard InChI is InChI=1S/C9H3NO2S/c10-4-5-1-2-7-6(3-5)8(11)9(12)13-7/h1-3H. The largest absolute Gasteiger partial charge is 0.284 e. The van der Waals surface area contributed by atoms with Gasteiger partial charge < -0.3 is 0 Å². The number of hydrogen-bond acceptors (Lipinski definition) is 4. The van der Waals surface area contributed by atoms with E-state index in [-0.39, 0.29) is 0 Å². The fraction of sp³-hybridized carbons (Fsp3) is 0. The molecule has 0 atom stereocenters. The Morgan fingerprint density at radius 1 is 1.31 bits per heavy atom. The van der Waals surface area contributed by atoms with Gasteiger partial charge in [-0.1, -0.05) is 0 Å². The molecule has 0 radical (unpaired) electrons. The summed E-state index contributed by atoms with van der Waals surface area (Å²) < 4.78 is 0. The summed E-state index contributed by atoms with van der Waals surface area (Å²) in [5.41, 5.74) is 0.761. The van der Waals surface area contributed by atoms with Crippen LogP contribution in [0.15, 0.2) is 23.1 Å². The maximum atomic E-state index is 11.2. The van der Waals surface area contributed by atoms with Crippen LogP contribution in [0, 0.1) is 11.3 Å². The molecule has 0 saturated carbocycles. The van der Waals surface area contributed by atoms with Gasteiger partial charge in [0.25, 0.3) is 5.12 Å². The summed E-state index contributed by atoms with van der Waals surface area (Å²) in [5.74, 6) is -0.503. The lowest BCUT2D eigenvalue weighted by Crippen LogP contribution is -2.02. The topological polar surface area (TPSA) is 57.9 Å². The minimum absolute atomic E-state index is 0.356. The van der Waals surface area contributed by atoms with E-state index in [1.54, 1.807) is 12.1 Å². The van der Waals surface area contributed by atoms with Gasteiger partial charge in [0.15, 0.2) is 0 Å². The molecule has 1 aromatic carbocycles. The van der Waals surface area contributed by atoms with Crippen LogP contribution < -0.4 is 0 Å². The van der Waals surface area contributed by atoms with E-state index in [0.717, 1.165) is 11.8 Å². The molecule has 0 aromatic heterocycles.